The van der Waals surface area contributed by atoms with Crippen molar-refractivity contribution in [2.45, 2.75) is 0 Å². The van der Waals surface area contributed by atoms with Crippen molar-refractivity contribution in [1.82, 2.24) is 0 Å². The van der Waals surface area contributed by atoms with E-state index in [2.05, 4.69) is 193 Å². The summed E-state index contributed by atoms with van der Waals surface area (Å²) in [6, 6.07) is 67.0. The number of benzene rings is 8. The highest BCUT2D eigenvalue weighted by Gasteiger charge is 2.21. The summed E-state index contributed by atoms with van der Waals surface area (Å²) in [5.74, 6) is 0. The van der Waals surface area contributed by atoms with Gasteiger partial charge in [0.2, 0.25) is 0 Å². The summed E-state index contributed by atoms with van der Waals surface area (Å²) in [7, 11) is 0. The largest absolute Gasteiger partial charge is 0.456 e. The first-order valence-corrected chi connectivity index (χ1v) is 16.3. The number of rotatable bonds is 6. The van der Waals surface area contributed by atoms with Gasteiger partial charge in [-0.15, -0.1) is 0 Å². The molecule has 0 atom stereocenters. The summed E-state index contributed by atoms with van der Waals surface area (Å²) in [5, 5.41) is 4.64. The van der Waals surface area contributed by atoms with Gasteiger partial charge in [-0.3, -0.25) is 0 Å². The first-order valence-electron chi connectivity index (χ1n) is 16.3. The van der Waals surface area contributed by atoms with Crippen LogP contribution >= 0.6 is 0 Å². The Balaban J connectivity index is 1.26. The van der Waals surface area contributed by atoms with Crippen molar-refractivity contribution in [2.75, 3.05) is 4.90 Å². The molecule has 0 amide bonds. The zero-order valence-corrected chi connectivity index (χ0v) is 26.3. The van der Waals surface area contributed by atoms with E-state index in [1.165, 1.54) is 33.0 Å². The summed E-state index contributed by atoms with van der Waals surface area (Å²) < 4.78 is 6.37. The molecule has 2 heteroatoms. The minimum Gasteiger partial charge on any atom is -0.456 e. The molecule has 0 fully saturated rings. The van der Waals surface area contributed by atoms with Crippen LogP contribution in [-0.4, -0.2) is 0 Å². The molecule has 2 nitrogen and oxygen atoms in total. The molecule has 9 rings (SSSR count). The molecule has 226 valence electrons. The molecule has 1 heterocycles. The topological polar surface area (TPSA) is 16.4 Å². The predicted octanol–water partition coefficient (Wildman–Crippen LogP) is 13.2. The average molecular weight is 614 g/mol. The Morgan fingerprint density at radius 3 is 1.69 bits per heavy atom. The van der Waals surface area contributed by atoms with Crippen LogP contribution in [0.3, 0.4) is 0 Å². The van der Waals surface area contributed by atoms with Crippen LogP contribution in [0.25, 0.3) is 66.1 Å². The van der Waals surface area contributed by atoms with Gasteiger partial charge in [0.05, 0.1) is 11.4 Å². The SMILES string of the molecule is c1ccc(-c2ccc(N(c3ccccc3)c3ccccc3-c3ccc4oc5cc6ccccc6cc5c4c3)c(-c3ccccc3)c2)cc1. The third-order valence-corrected chi connectivity index (χ3v) is 9.24. The average Bonchev–Trinajstić information content (AvgIpc) is 3.52. The van der Waals surface area contributed by atoms with E-state index in [-0.39, 0.29) is 0 Å². The fourth-order valence-corrected chi connectivity index (χ4v) is 6.92. The highest BCUT2D eigenvalue weighted by Crippen LogP contribution is 2.46. The molecule has 0 aliphatic carbocycles. The Labute approximate surface area is 279 Å². The Kier molecular flexibility index (Phi) is 6.84. The van der Waals surface area contributed by atoms with Crippen molar-refractivity contribution < 1.29 is 4.42 Å². The Morgan fingerprint density at radius 2 is 0.917 bits per heavy atom. The van der Waals surface area contributed by atoms with Crippen LogP contribution in [0.15, 0.2) is 192 Å². The van der Waals surface area contributed by atoms with Crippen LogP contribution < -0.4 is 4.90 Å². The maximum Gasteiger partial charge on any atom is 0.136 e. The second-order valence-corrected chi connectivity index (χ2v) is 12.2. The van der Waals surface area contributed by atoms with E-state index in [0.717, 1.165) is 50.1 Å². The number of para-hydroxylation sites is 2. The molecular formula is C46H31NO. The molecule has 9 aromatic rings. The van der Waals surface area contributed by atoms with Crippen LogP contribution in [0.2, 0.25) is 0 Å². The first kappa shape index (κ1) is 27.9. The second-order valence-electron chi connectivity index (χ2n) is 12.2. The van der Waals surface area contributed by atoms with Crippen molar-refractivity contribution in [2.24, 2.45) is 0 Å². The quantitative estimate of drug-likeness (QED) is 0.185. The monoisotopic (exact) mass is 613 g/mol. The molecule has 0 saturated carbocycles. The van der Waals surface area contributed by atoms with E-state index in [0.29, 0.717) is 0 Å². The van der Waals surface area contributed by atoms with Gasteiger partial charge in [-0.1, -0.05) is 133 Å². The van der Waals surface area contributed by atoms with Gasteiger partial charge in [0.25, 0.3) is 0 Å². The molecule has 0 saturated heterocycles. The lowest BCUT2D eigenvalue weighted by molar-refractivity contribution is 0.669. The molecule has 0 bridgehead atoms. The van der Waals surface area contributed by atoms with Gasteiger partial charge >= 0.3 is 0 Å². The number of nitrogens with zero attached hydrogens (tertiary/aromatic N) is 1. The smallest absolute Gasteiger partial charge is 0.136 e. The third-order valence-electron chi connectivity index (χ3n) is 9.24. The second kappa shape index (κ2) is 11.8. The van der Waals surface area contributed by atoms with Crippen molar-refractivity contribution in [3.63, 3.8) is 0 Å². The Hall–Kier alpha value is -6.38. The zero-order valence-electron chi connectivity index (χ0n) is 26.3. The number of anilines is 3. The summed E-state index contributed by atoms with van der Waals surface area (Å²) >= 11 is 0. The van der Waals surface area contributed by atoms with Crippen molar-refractivity contribution >= 4 is 49.8 Å². The molecule has 8 aromatic carbocycles. The fraction of sp³-hybridized carbons (Fsp3) is 0. The van der Waals surface area contributed by atoms with Gasteiger partial charge in [-0.25, -0.2) is 0 Å². The van der Waals surface area contributed by atoms with Gasteiger partial charge in [0.1, 0.15) is 11.2 Å². The van der Waals surface area contributed by atoms with Crippen molar-refractivity contribution in [1.29, 1.82) is 0 Å². The van der Waals surface area contributed by atoms with Gasteiger partial charge in [0.15, 0.2) is 0 Å². The minimum atomic E-state index is 0.893. The predicted molar refractivity (Wildman–Crippen MR) is 202 cm³/mol. The molecule has 0 radical (unpaired) electrons. The zero-order chi connectivity index (χ0) is 31.9. The van der Waals surface area contributed by atoms with Gasteiger partial charge in [0, 0.05) is 27.6 Å². The maximum atomic E-state index is 6.37. The third kappa shape index (κ3) is 4.92. The highest BCUT2D eigenvalue weighted by atomic mass is 16.3. The van der Waals surface area contributed by atoms with E-state index < -0.39 is 0 Å². The lowest BCUT2D eigenvalue weighted by Gasteiger charge is -2.30. The number of hydrogen-bond donors (Lipinski definition) is 0. The van der Waals surface area contributed by atoms with Crippen LogP contribution in [0.1, 0.15) is 0 Å². The van der Waals surface area contributed by atoms with Crippen molar-refractivity contribution in [3.05, 3.63) is 188 Å². The van der Waals surface area contributed by atoms with E-state index in [1.54, 1.807) is 0 Å². The lowest BCUT2D eigenvalue weighted by Crippen LogP contribution is -2.12. The molecule has 0 unspecified atom stereocenters. The van der Waals surface area contributed by atoms with E-state index in [1.807, 2.05) is 0 Å². The van der Waals surface area contributed by atoms with Gasteiger partial charge < -0.3 is 9.32 Å². The fourth-order valence-electron chi connectivity index (χ4n) is 6.92. The van der Waals surface area contributed by atoms with Crippen LogP contribution in [0.4, 0.5) is 17.1 Å². The molecule has 0 N–H and O–H groups in total. The van der Waals surface area contributed by atoms with E-state index in [9.17, 15) is 0 Å². The molecule has 1 aromatic heterocycles. The van der Waals surface area contributed by atoms with Crippen LogP contribution in [0.5, 0.6) is 0 Å². The number of fused-ring (bicyclic) bond motifs is 4. The summed E-state index contributed by atoms with van der Waals surface area (Å²) in [6.07, 6.45) is 0. The van der Waals surface area contributed by atoms with E-state index >= 15 is 0 Å². The maximum absolute atomic E-state index is 6.37. The first-order chi connectivity index (χ1) is 23.8. The van der Waals surface area contributed by atoms with E-state index in [4.69, 9.17) is 4.42 Å². The summed E-state index contributed by atoms with van der Waals surface area (Å²) in [5.41, 5.74) is 12.1. The number of furan rings is 1. The van der Waals surface area contributed by atoms with Crippen LogP contribution in [0, 0.1) is 0 Å². The normalized spacial score (nSPS) is 11.3. The van der Waals surface area contributed by atoms with Crippen LogP contribution in [-0.2, 0) is 0 Å². The standard InChI is InChI=1S/C46H31NO/c1-4-14-32(15-5-1)36-24-26-44(40(28-36)33-16-6-2-7-17-33)47(38-20-8-3-9-21-38)43-23-13-12-22-39(43)37-25-27-45-41(30-37)42-29-34-18-10-11-19-35(34)31-46(42)48-45/h1-31H. The van der Waals surface area contributed by atoms with Crippen molar-refractivity contribution in [3.8, 4) is 33.4 Å². The number of hydrogen-bond acceptors (Lipinski definition) is 2. The Bertz CT molecular complexity index is 2550. The summed E-state index contributed by atoms with van der Waals surface area (Å²) in [6.45, 7) is 0. The molecule has 48 heavy (non-hydrogen) atoms. The molecular weight excluding hydrogens is 583 g/mol. The molecule has 0 aliphatic heterocycles. The van der Waals surface area contributed by atoms with Gasteiger partial charge in [-0.05, 0) is 87.6 Å². The minimum absolute atomic E-state index is 0.893. The lowest BCUT2D eigenvalue weighted by atomic mass is 9.95. The summed E-state index contributed by atoms with van der Waals surface area (Å²) in [4.78, 5) is 2.40. The van der Waals surface area contributed by atoms with Gasteiger partial charge in [-0.2, -0.15) is 0 Å². The molecule has 0 spiro atoms. The molecule has 0 aliphatic rings. The Morgan fingerprint density at radius 1 is 0.333 bits per heavy atom. The highest BCUT2D eigenvalue weighted by molar-refractivity contribution is 6.11.